The molecule has 1 heterocycles. The van der Waals surface area contributed by atoms with E-state index in [1.807, 2.05) is 38.1 Å². The maximum Gasteiger partial charge on any atom is 0.354 e. The van der Waals surface area contributed by atoms with E-state index in [4.69, 9.17) is 9.47 Å². The van der Waals surface area contributed by atoms with Gasteiger partial charge in [-0.1, -0.05) is 38.1 Å². The van der Waals surface area contributed by atoms with E-state index < -0.39 is 17.2 Å². The van der Waals surface area contributed by atoms with Crippen LogP contribution in [-0.2, 0) is 15.3 Å². The average Bonchev–Trinajstić information content (AvgIpc) is 3.05. The topological polar surface area (TPSA) is 73.6 Å². The molecule has 2 aromatic rings. The van der Waals surface area contributed by atoms with E-state index in [1.165, 1.54) is 6.20 Å². The van der Waals surface area contributed by atoms with Crippen LogP contribution in [0.15, 0.2) is 36.8 Å². The lowest BCUT2D eigenvalue weighted by Crippen LogP contribution is -2.45. The number of carbonyl (C=O) groups is 1. The van der Waals surface area contributed by atoms with Crippen molar-refractivity contribution < 1.29 is 19.4 Å². The first-order valence-electron chi connectivity index (χ1n) is 7.35. The number of nitrogens with zero attached hydrogens (tertiary/aromatic N) is 2. The molecule has 0 radical (unpaired) electrons. The van der Waals surface area contributed by atoms with Gasteiger partial charge in [0, 0.05) is 25.2 Å². The van der Waals surface area contributed by atoms with Crippen LogP contribution in [0.2, 0.25) is 0 Å². The van der Waals surface area contributed by atoms with Crippen molar-refractivity contribution in [2.45, 2.75) is 25.7 Å². The summed E-state index contributed by atoms with van der Waals surface area (Å²) in [6.07, 6.45) is 2.91. The van der Waals surface area contributed by atoms with Gasteiger partial charge in [0.05, 0.1) is 18.6 Å². The highest BCUT2D eigenvalue weighted by atomic mass is 16.7. The second-order valence-corrected chi connectivity index (χ2v) is 6.23. The van der Waals surface area contributed by atoms with Gasteiger partial charge < -0.3 is 19.1 Å². The Labute approximate surface area is 134 Å². The van der Waals surface area contributed by atoms with Gasteiger partial charge in [-0.25, -0.2) is 9.78 Å². The Morgan fingerprint density at radius 1 is 1.26 bits per heavy atom. The van der Waals surface area contributed by atoms with E-state index >= 15 is 0 Å². The zero-order valence-corrected chi connectivity index (χ0v) is 13.6. The van der Waals surface area contributed by atoms with E-state index in [0.29, 0.717) is 0 Å². The Balaban J connectivity index is 2.30. The molecule has 0 saturated carbocycles. The number of hydrogen-bond donors (Lipinski definition) is 1. The quantitative estimate of drug-likeness (QED) is 0.878. The number of imidazole rings is 1. The van der Waals surface area contributed by atoms with Crippen LogP contribution in [0.4, 0.5) is 0 Å². The third-order valence-corrected chi connectivity index (χ3v) is 4.88. The van der Waals surface area contributed by atoms with Gasteiger partial charge in [-0.3, -0.25) is 0 Å². The highest BCUT2D eigenvalue weighted by Gasteiger charge is 2.60. The summed E-state index contributed by atoms with van der Waals surface area (Å²) in [5.41, 5.74) is 1.47. The lowest BCUT2D eigenvalue weighted by Gasteiger charge is -2.42. The molecule has 1 aromatic heterocycles. The van der Waals surface area contributed by atoms with E-state index in [1.54, 1.807) is 25.1 Å². The van der Waals surface area contributed by atoms with Crippen LogP contribution in [0.5, 0.6) is 0 Å². The minimum Gasteiger partial charge on any atom is -0.477 e. The van der Waals surface area contributed by atoms with Crippen molar-refractivity contribution in [3.63, 3.8) is 0 Å². The van der Waals surface area contributed by atoms with Crippen molar-refractivity contribution >= 4 is 5.97 Å². The molecule has 0 amide bonds. The molecule has 0 bridgehead atoms. The van der Waals surface area contributed by atoms with Gasteiger partial charge >= 0.3 is 5.97 Å². The smallest absolute Gasteiger partial charge is 0.354 e. The Kier molecular flexibility index (Phi) is 3.54. The number of methoxy groups -OCH3 is 2. The molecule has 1 N–H and O–H groups in total. The molecule has 1 aliphatic carbocycles. The van der Waals surface area contributed by atoms with Crippen molar-refractivity contribution in [3.8, 4) is 0 Å². The van der Waals surface area contributed by atoms with Gasteiger partial charge in [0.1, 0.15) is 5.69 Å². The first-order valence-corrected chi connectivity index (χ1v) is 7.35. The largest absolute Gasteiger partial charge is 0.477 e. The Hall–Kier alpha value is -2.18. The lowest BCUT2D eigenvalue weighted by atomic mass is 9.80. The number of aromatic nitrogens is 2. The Morgan fingerprint density at radius 2 is 1.91 bits per heavy atom. The summed E-state index contributed by atoms with van der Waals surface area (Å²) in [4.78, 5) is 15.6. The molecular formula is C17H20N2O4. The van der Waals surface area contributed by atoms with Gasteiger partial charge in [0.25, 0.3) is 0 Å². The highest BCUT2D eigenvalue weighted by Crippen LogP contribution is 2.59. The van der Waals surface area contributed by atoms with Gasteiger partial charge in [-0.2, -0.15) is 0 Å². The summed E-state index contributed by atoms with van der Waals surface area (Å²) in [6.45, 7) is 4.02. The van der Waals surface area contributed by atoms with Crippen LogP contribution in [0.1, 0.15) is 41.5 Å². The van der Waals surface area contributed by atoms with Crippen LogP contribution in [0, 0.1) is 5.41 Å². The first kappa shape index (κ1) is 15.7. The molecule has 1 atom stereocenters. The minimum atomic E-state index is -1.01. The summed E-state index contributed by atoms with van der Waals surface area (Å²) in [6, 6.07) is 7.53. The summed E-state index contributed by atoms with van der Waals surface area (Å²) in [5.74, 6) is -1.97. The summed E-state index contributed by atoms with van der Waals surface area (Å²) in [7, 11) is 3.22. The van der Waals surface area contributed by atoms with Gasteiger partial charge in [0.2, 0.25) is 5.79 Å². The average molecular weight is 316 g/mol. The summed E-state index contributed by atoms with van der Waals surface area (Å²) in [5, 5.41) is 9.45. The van der Waals surface area contributed by atoms with Crippen LogP contribution in [0.25, 0.3) is 0 Å². The minimum absolute atomic E-state index is 0.140. The monoisotopic (exact) mass is 316 g/mol. The number of hydrogen-bond acceptors (Lipinski definition) is 4. The van der Waals surface area contributed by atoms with Crippen molar-refractivity contribution in [2.75, 3.05) is 14.2 Å². The first-order chi connectivity index (χ1) is 10.9. The van der Waals surface area contributed by atoms with Crippen LogP contribution in [0.3, 0.4) is 0 Å². The fraction of sp³-hybridized carbons (Fsp3) is 0.412. The lowest BCUT2D eigenvalue weighted by molar-refractivity contribution is -0.276. The third kappa shape index (κ3) is 1.88. The number of benzene rings is 1. The number of rotatable bonds is 4. The maximum absolute atomic E-state index is 11.5. The molecule has 1 aromatic carbocycles. The van der Waals surface area contributed by atoms with Gasteiger partial charge in [0.15, 0.2) is 0 Å². The molecule has 3 rings (SSSR count). The Bertz CT molecular complexity index is 747. The fourth-order valence-electron chi connectivity index (χ4n) is 3.95. The fourth-order valence-corrected chi connectivity index (χ4v) is 3.95. The van der Waals surface area contributed by atoms with Crippen molar-refractivity contribution in [1.29, 1.82) is 0 Å². The molecule has 0 saturated heterocycles. The van der Waals surface area contributed by atoms with Crippen LogP contribution in [-0.4, -0.2) is 34.8 Å². The van der Waals surface area contributed by atoms with Crippen LogP contribution < -0.4 is 0 Å². The number of fused-ring (bicyclic) bond motifs is 1. The summed E-state index contributed by atoms with van der Waals surface area (Å²) < 4.78 is 13.3. The SMILES string of the molecule is COC1(OC)c2ccccc2C(n2cncc2C(=O)O)C1(C)C. The Morgan fingerprint density at radius 3 is 2.52 bits per heavy atom. The molecule has 6 nitrogen and oxygen atoms in total. The molecule has 1 aliphatic rings. The highest BCUT2D eigenvalue weighted by molar-refractivity contribution is 5.85. The maximum atomic E-state index is 11.5. The second kappa shape index (κ2) is 5.18. The van der Waals surface area contributed by atoms with Crippen molar-refractivity contribution in [3.05, 3.63) is 53.6 Å². The van der Waals surface area contributed by atoms with E-state index in [9.17, 15) is 9.90 Å². The standard InChI is InChI=1S/C17H20N2O4/c1-16(2)14(19-10-18-9-13(19)15(20)21)11-7-5-6-8-12(11)17(16,22-3)23-4/h5-10,14H,1-4H3,(H,20,21). The molecule has 122 valence electrons. The molecule has 0 aliphatic heterocycles. The molecular weight excluding hydrogens is 296 g/mol. The summed E-state index contributed by atoms with van der Waals surface area (Å²) >= 11 is 0. The van der Waals surface area contributed by atoms with Crippen molar-refractivity contribution in [2.24, 2.45) is 5.41 Å². The number of carboxylic acids is 1. The van der Waals surface area contributed by atoms with E-state index in [0.717, 1.165) is 11.1 Å². The number of carboxylic acid groups (broad SMARTS) is 1. The van der Waals surface area contributed by atoms with E-state index in [-0.39, 0.29) is 11.7 Å². The van der Waals surface area contributed by atoms with Crippen LogP contribution >= 0.6 is 0 Å². The molecule has 6 heteroatoms. The zero-order chi connectivity index (χ0) is 16.8. The van der Waals surface area contributed by atoms with Crippen molar-refractivity contribution in [1.82, 2.24) is 9.55 Å². The van der Waals surface area contributed by atoms with E-state index in [2.05, 4.69) is 4.98 Å². The predicted molar refractivity (Wildman–Crippen MR) is 83.2 cm³/mol. The predicted octanol–water partition coefficient (Wildman–Crippen LogP) is 2.66. The normalized spacial score (nSPS) is 21.1. The van der Waals surface area contributed by atoms with Gasteiger partial charge in [-0.15, -0.1) is 0 Å². The molecule has 0 fully saturated rings. The molecule has 1 unspecified atom stereocenters. The van der Waals surface area contributed by atoms with Gasteiger partial charge in [-0.05, 0) is 5.56 Å². The zero-order valence-electron chi connectivity index (χ0n) is 13.6. The third-order valence-electron chi connectivity index (χ3n) is 4.88. The second-order valence-electron chi connectivity index (χ2n) is 6.23. The number of ether oxygens (including phenoxy) is 2. The molecule has 23 heavy (non-hydrogen) atoms. The number of aromatic carboxylic acids is 1. The molecule has 0 spiro atoms.